The molecule has 94 valence electrons. The number of aryl methyl sites for hydroxylation is 1. The van der Waals surface area contributed by atoms with Crippen LogP contribution >= 0.6 is 0 Å². The molecule has 0 amide bonds. The van der Waals surface area contributed by atoms with E-state index in [0.29, 0.717) is 11.6 Å². The number of ether oxygens (including phenoxy) is 1. The Morgan fingerprint density at radius 1 is 1.17 bits per heavy atom. The van der Waals surface area contributed by atoms with Crippen molar-refractivity contribution in [3.05, 3.63) is 29.8 Å². The highest BCUT2D eigenvalue weighted by Gasteiger charge is 2.03. The van der Waals surface area contributed by atoms with Crippen LogP contribution in [0.3, 0.4) is 0 Å². The molecule has 0 aliphatic rings. The van der Waals surface area contributed by atoms with E-state index in [1.54, 1.807) is 13.2 Å². The predicted octanol–water partition coefficient (Wildman–Crippen LogP) is 1.70. The van der Waals surface area contributed by atoms with Crippen LogP contribution in [-0.2, 0) is 0 Å². The molecule has 0 radical (unpaired) electrons. The molecular formula is C12H15N5O. The fourth-order valence-corrected chi connectivity index (χ4v) is 1.65. The van der Waals surface area contributed by atoms with Gasteiger partial charge >= 0.3 is 0 Å². The van der Waals surface area contributed by atoms with Crippen molar-refractivity contribution >= 4 is 23.3 Å². The lowest BCUT2D eigenvalue weighted by Gasteiger charge is -2.09. The third kappa shape index (κ3) is 2.60. The first-order chi connectivity index (χ1) is 8.58. The van der Waals surface area contributed by atoms with E-state index in [1.807, 2.05) is 25.1 Å². The van der Waals surface area contributed by atoms with Crippen molar-refractivity contribution in [2.24, 2.45) is 0 Å². The molecule has 0 bridgehead atoms. The summed E-state index contributed by atoms with van der Waals surface area (Å²) in [5, 5.41) is 3.11. The molecule has 0 spiro atoms. The van der Waals surface area contributed by atoms with Gasteiger partial charge in [-0.2, -0.15) is 9.97 Å². The lowest BCUT2D eigenvalue weighted by Crippen LogP contribution is -2.03. The van der Waals surface area contributed by atoms with Crippen molar-refractivity contribution in [2.45, 2.75) is 6.92 Å². The van der Waals surface area contributed by atoms with E-state index in [4.69, 9.17) is 16.2 Å². The molecule has 0 saturated heterocycles. The minimum atomic E-state index is 0.141. The van der Waals surface area contributed by atoms with Gasteiger partial charge in [0.2, 0.25) is 5.95 Å². The van der Waals surface area contributed by atoms with Gasteiger partial charge in [-0.05, 0) is 30.7 Å². The van der Waals surface area contributed by atoms with Gasteiger partial charge in [0.25, 0.3) is 0 Å². The first-order valence-electron chi connectivity index (χ1n) is 5.40. The Morgan fingerprint density at radius 2 is 1.94 bits per heavy atom. The zero-order valence-corrected chi connectivity index (χ0v) is 10.3. The second kappa shape index (κ2) is 4.79. The van der Waals surface area contributed by atoms with Gasteiger partial charge in [-0.25, -0.2) is 0 Å². The number of hydrogen-bond acceptors (Lipinski definition) is 6. The van der Waals surface area contributed by atoms with E-state index in [-0.39, 0.29) is 5.95 Å². The lowest BCUT2D eigenvalue weighted by atomic mass is 10.2. The summed E-state index contributed by atoms with van der Waals surface area (Å²) in [5.74, 6) is 1.87. The van der Waals surface area contributed by atoms with Gasteiger partial charge in [0.1, 0.15) is 17.4 Å². The maximum absolute atomic E-state index is 5.60. The Labute approximate surface area is 105 Å². The van der Waals surface area contributed by atoms with Crippen molar-refractivity contribution in [1.29, 1.82) is 0 Å². The SMILES string of the molecule is COc1ccc(Nc2cc(N)nc(N)n2)cc1C. The van der Waals surface area contributed by atoms with Crippen molar-refractivity contribution in [3.8, 4) is 5.75 Å². The average molecular weight is 245 g/mol. The molecule has 1 heterocycles. The lowest BCUT2D eigenvalue weighted by molar-refractivity contribution is 0.412. The topological polar surface area (TPSA) is 99.1 Å². The largest absolute Gasteiger partial charge is 0.496 e. The fraction of sp³-hybridized carbons (Fsp3) is 0.167. The van der Waals surface area contributed by atoms with Crippen LogP contribution in [-0.4, -0.2) is 17.1 Å². The molecule has 0 aliphatic carbocycles. The number of anilines is 4. The Balaban J connectivity index is 2.25. The number of aromatic nitrogens is 2. The van der Waals surface area contributed by atoms with Crippen molar-refractivity contribution < 1.29 is 4.74 Å². The predicted molar refractivity (Wildman–Crippen MR) is 71.9 cm³/mol. The molecule has 2 aromatic rings. The van der Waals surface area contributed by atoms with Gasteiger partial charge < -0.3 is 21.5 Å². The molecule has 5 N–H and O–H groups in total. The number of nitrogens with one attached hydrogen (secondary N) is 1. The van der Waals surface area contributed by atoms with E-state index >= 15 is 0 Å². The molecule has 1 aromatic heterocycles. The number of benzene rings is 1. The van der Waals surface area contributed by atoms with E-state index in [1.165, 1.54) is 0 Å². The molecule has 6 heteroatoms. The second-order valence-electron chi connectivity index (χ2n) is 3.85. The monoisotopic (exact) mass is 245 g/mol. The molecule has 0 aliphatic heterocycles. The zero-order chi connectivity index (χ0) is 13.1. The van der Waals surface area contributed by atoms with E-state index < -0.39 is 0 Å². The Morgan fingerprint density at radius 3 is 2.56 bits per heavy atom. The van der Waals surface area contributed by atoms with Gasteiger partial charge in [-0.1, -0.05) is 0 Å². The van der Waals surface area contributed by atoms with E-state index in [9.17, 15) is 0 Å². The molecule has 0 fully saturated rings. The minimum absolute atomic E-state index is 0.141. The van der Waals surface area contributed by atoms with Crippen LogP contribution in [0.4, 0.5) is 23.3 Å². The number of nitrogens with zero attached hydrogens (tertiary/aromatic N) is 2. The molecule has 0 saturated carbocycles. The Hall–Kier alpha value is -2.50. The fourth-order valence-electron chi connectivity index (χ4n) is 1.65. The first kappa shape index (κ1) is 12.0. The molecule has 18 heavy (non-hydrogen) atoms. The number of nitrogen functional groups attached to an aromatic ring is 2. The summed E-state index contributed by atoms with van der Waals surface area (Å²) in [6.07, 6.45) is 0. The summed E-state index contributed by atoms with van der Waals surface area (Å²) in [6.45, 7) is 1.96. The van der Waals surface area contributed by atoms with Crippen molar-refractivity contribution in [1.82, 2.24) is 9.97 Å². The van der Waals surface area contributed by atoms with Crippen molar-refractivity contribution in [3.63, 3.8) is 0 Å². The van der Waals surface area contributed by atoms with Gasteiger partial charge in [-0.15, -0.1) is 0 Å². The second-order valence-corrected chi connectivity index (χ2v) is 3.85. The molecular weight excluding hydrogens is 230 g/mol. The number of hydrogen-bond donors (Lipinski definition) is 3. The van der Waals surface area contributed by atoms with E-state index in [2.05, 4.69) is 15.3 Å². The van der Waals surface area contributed by atoms with Crippen LogP contribution in [0, 0.1) is 6.92 Å². The maximum Gasteiger partial charge on any atom is 0.223 e. The van der Waals surface area contributed by atoms with Crippen molar-refractivity contribution in [2.75, 3.05) is 23.9 Å². The third-order valence-electron chi connectivity index (χ3n) is 2.43. The zero-order valence-electron chi connectivity index (χ0n) is 10.3. The summed E-state index contributed by atoms with van der Waals surface area (Å²) in [7, 11) is 1.64. The van der Waals surface area contributed by atoms with Gasteiger partial charge in [0, 0.05) is 11.8 Å². The first-order valence-corrected chi connectivity index (χ1v) is 5.40. The quantitative estimate of drug-likeness (QED) is 0.761. The summed E-state index contributed by atoms with van der Waals surface area (Å²) in [5.41, 5.74) is 13.0. The van der Waals surface area contributed by atoms with Crippen LogP contribution in [0.15, 0.2) is 24.3 Å². The van der Waals surface area contributed by atoms with Crippen LogP contribution in [0.25, 0.3) is 0 Å². The number of rotatable bonds is 3. The third-order valence-corrected chi connectivity index (χ3v) is 2.43. The maximum atomic E-state index is 5.60. The van der Waals surface area contributed by atoms with Gasteiger partial charge in [0.05, 0.1) is 7.11 Å². The Kier molecular flexibility index (Phi) is 3.18. The van der Waals surface area contributed by atoms with Crippen LogP contribution in [0.2, 0.25) is 0 Å². The highest BCUT2D eigenvalue weighted by Crippen LogP contribution is 2.24. The summed E-state index contributed by atoms with van der Waals surface area (Å²) >= 11 is 0. The number of methoxy groups -OCH3 is 1. The standard InChI is InChI=1S/C12H15N5O/c1-7-5-8(3-4-9(7)18-2)15-11-6-10(13)16-12(14)17-11/h3-6H,1-2H3,(H5,13,14,15,16,17). The Bertz CT molecular complexity index is 550. The highest BCUT2D eigenvalue weighted by atomic mass is 16.5. The molecule has 2 rings (SSSR count). The van der Waals surface area contributed by atoms with E-state index in [0.717, 1.165) is 17.0 Å². The highest BCUT2D eigenvalue weighted by molar-refractivity contribution is 5.61. The summed E-state index contributed by atoms with van der Waals surface area (Å²) in [6, 6.07) is 7.34. The normalized spacial score (nSPS) is 10.1. The molecule has 1 aromatic carbocycles. The van der Waals surface area contributed by atoms with Crippen LogP contribution in [0.5, 0.6) is 5.75 Å². The van der Waals surface area contributed by atoms with Crippen LogP contribution in [0.1, 0.15) is 5.56 Å². The summed E-state index contributed by atoms with van der Waals surface area (Å²) < 4.78 is 5.19. The molecule has 0 atom stereocenters. The molecule has 6 nitrogen and oxygen atoms in total. The van der Waals surface area contributed by atoms with Crippen LogP contribution < -0.4 is 21.5 Å². The minimum Gasteiger partial charge on any atom is -0.496 e. The van der Waals surface area contributed by atoms with Gasteiger partial charge in [-0.3, -0.25) is 0 Å². The number of nitrogens with two attached hydrogens (primary N) is 2. The summed E-state index contributed by atoms with van der Waals surface area (Å²) in [4.78, 5) is 7.85. The average Bonchev–Trinajstić information content (AvgIpc) is 2.27. The van der Waals surface area contributed by atoms with Gasteiger partial charge in [0.15, 0.2) is 0 Å². The molecule has 0 unspecified atom stereocenters. The smallest absolute Gasteiger partial charge is 0.223 e.